The molecule has 0 aliphatic carbocycles. The molecule has 0 amide bonds. The highest BCUT2D eigenvalue weighted by Gasteiger charge is 2.12. The molecule has 0 aromatic carbocycles. The number of anilines is 1. The minimum absolute atomic E-state index is 0.211. The van der Waals surface area contributed by atoms with Crippen LogP contribution in [0.3, 0.4) is 0 Å². The monoisotopic (exact) mass is 231 g/mol. The number of nitrogens with zero attached hydrogens (tertiary/aromatic N) is 2. The summed E-state index contributed by atoms with van der Waals surface area (Å²) in [6, 6.07) is 0. The molecule has 1 aromatic heterocycles. The largest absolute Gasteiger partial charge is 0.481 e. The summed E-state index contributed by atoms with van der Waals surface area (Å²) >= 11 is 0. The fourth-order valence-corrected chi connectivity index (χ4v) is 1.81. The molecule has 0 spiro atoms. The third kappa shape index (κ3) is 4.36. The average molecular weight is 231 g/mol. The number of nitrogens with one attached hydrogen (secondary N) is 1. The van der Waals surface area contributed by atoms with Crippen LogP contribution >= 0.6 is 0 Å². The van der Waals surface area contributed by atoms with Gasteiger partial charge >= 0.3 is 5.97 Å². The lowest BCUT2D eigenvalue weighted by atomic mass is 10.5. The molecule has 0 saturated carbocycles. The standard InChI is InChI=1S/C7H9N3O4S/c11-7(12)1-2-15(13,14)10-6-3-8-5-9-4-6/h3-5,10H,1-2H2,(H,11,12). The molecule has 2 N–H and O–H groups in total. The van der Waals surface area contributed by atoms with Gasteiger partial charge in [0.1, 0.15) is 6.33 Å². The zero-order chi connectivity index (χ0) is 11.3. The van der Waals surface area contributed by atoms with Crippen LogP contribution in [0, 0.1) is 0 Å². The predicted molar refractivity (Wildman–Crippen MR) is 51.7 cm³/mol. The first-order valence-corrected chi connectivity index (χ1v) is 5.62. The first kappa shape index (κ1) is 11.4. The maximum Gasteiger partial charge on any atom is 0.304 e. The maximum atomic E-state index is 11.3. The van der Waals surface area contributed by atoms with E-state index in [9.17, 15) is 13.2 Å². The molecule has 0 fully saturated rings. The van der Waals surface area contributed by atoms with Crippen molar-refractivity contribution in [3.63, 3.8) is 0 Å². The summed E-state index contributed by atoms with van der Waals surface area (Å²) in [5.74, 6) is -1.64. The minimum Gasteiger partial charge on any atom is -0.481 e. The van der Waals surface area contributed by atoms with Crippen molar-refractivity contribution in [3.05, 3.63) is 18.7 Å². The normalized spacial score (nSPS) is 10.9. The van der Waals surface area contributed by atoms with Crippen molar-refractivity contribution < 1.29 is 18.3 Å². The molecular weight excluding hydrogens is 222 g/mol. The Balaban J connectivity index is 2.61. The minimum atomic E-state index is -3.64. The van der Waals surface area contributed by atoms with Crippen molar-refractivity contribution in [2.75, 3.05) is 10.5 Å². The molecule has 0 aliphatic heterocycles. The van der Waals surface area contributed by atoms with Crippen LogP contribution in [-0.2, 0) is 14.8 Å². The fraction of sp³-hybridized carbons (Fsp3) is 0.286. The highest BCUT2D eigenvalue weighted by atomic mass is 32.2. The molecule has 0 saturated heterocycles. The molecule has 8 heteroatoms. The number of hydrogen-bond acceptors (Lipinski definition) is 5. The third-order valence-corrected chi connectivity index (χ3v) is 2.71. The van der Waals surface area contributed by atoms with Crippen LogP contribution < -0.4 is 4.72 Å². The summed E-state index contributed by atoms with van der Waals surface area (Å²) in [7, 11) is -3.64. The smallest absolute Gasteiger partial charge is 0.304 e. The lowest BCUT2D eigenvalue weighted by molar-refractivity contribution is -0.136. The second kappa shape index (κ2) is 4.69. The van der Waals surface area contributed by atoms with E-state index in [1.807, 2.05) is 0 Å². The van der Waals surface area contributed by atoms with E-state index in [0.29, 0.717) is 0 Å². The second-order valence-corrected chi connectivity index (χ2v) is 4.53. The summed E-state index contributed by atoms with van der Waals surface area (Å²) in [6.07, 6.45) is 3.38. The topological polar surface area (TPSA) is 109 Å². The summed E-state index contributed by atoms with van der Waals surface area (Å²) in [6.45, 7) is 0. The number of carboxylic acids is 1. The van der Waals surface area contributed by atoms with Crippen molar-refractivity contribution >= 4 is 21.7 Å². The molecule has 0 radical (unpaired) electrons. The Bertz CT molecular complexity index is 431. The quantitative estimate of drug-likeness (QED) is 0.719. The van der Waals surface area contributed by atoms with Gasteiger partial charge in [-0.25, -0.2) is 18.4 Å². The van der Waals surface area contributed by atoms with E-state index in [2.05, 4.69) is 14.7 Å². The molecule has 7 nitrogen and oxygen atoms in total. The van der Waals surface area contributed by atoms with Crippen LogP contribution in [0.15, 0.2) is 18.7 Å². The first-order chi connectivity index (χ1) is 6.99. The number of carbonyl (C=O) groups is 1. The molecule has 15 heavy (non-hydrogen) atoms. The Morgan fingerprint density at radius 2 is 2.00 bits per heavy atom. The van der Waals surface area contributed by atoms with Gasteiger partial charge in [0, 0.05) is 0 Å². The molecule has 82 valence electrons. The van der Waals surface area contributed by atoms with Gasteiger partial charge in [0.15, 0.2) is 0 Å². The van der Waals surface area contributed by atoms with E-state index in [1.54, 1.807) is 0 Å². The summed E-state index contributed by atoms with van der Waals surface area (Å²) in [4.78, 5) is 17.4. The van der Waals surface area contributed by atoms with E-state index in [1.165, 1.54) is 18.7 Å². The molecule has 0 aliphatic rings. The summed E-state index contributed by atoms with van der Waals surface area (Å²) in [5.41, 5.74) is 0.211. The predicted octanol–water partition coefficient (Wildman–Crippen LogP) is -0.307. The van der Waals surface area contributed by atoms with Crippen LogP contribution in [0.4, 0.5) is 5.69 Å². The van der Waals surface area contributed by atoms with E-state index in [4.69, 9.17) is 5.11 Å². The second-order valence-electron chi connectivity index (χ2n) is 2.69. The number of rotatable bonds is 5. The lowest BCUT2D eigenvalue weighted by Crippen LogP contribution is -2.19. The van der Waals surface area contributed by atoms with E-state index in [-0.39, 0.29) is 5.69 Å². The van der Waals surface area contributed by atoms with Gasteiger partial charge in [-0.2, -0.15) is 0 Å². The van der Waals surface area contributed by atoms with Gasteiger partial charge < -0.3 is 5.11 Å². The van der Waals surface area contributed by atoms with Crippen LogP contribution in [0.1, 0.15) is 6.42 Å². The van der Waals surface area contributed by atoms with Crippen molar-refractivity contribution in [3.8, 4) is 0 Å². The van der Waals surface area contributed by atoms with Gasteiger partial charge in [-0.3, -0.25) is 9.52 Å². The molecule has 1 heterocycles. The van der Waals surface area contributed by atoms with Gasteiger partial charge in [0.25, 0.3) is 0 Å². The van der Waals surface area contributed by atoms with Crippen molar-refractivity contribution in [1.82, 2.24) is 9.97 Å². The lowest BCUT2D eigenvalue weighted by Gasteiger charge is -2.04. The van der Waals surface area contributed by atoms with Gasteiger partial charge in [-0.05, 0) is 0 Å². The zero-order valence-electron chi connectivity index (χ0n) is 7.62. The highest BCUT2D eigenvalue weighted by molar-refractivity contribution is 7.92. The van der Waals surface area contributed by atoms with E-state index < -0.39 is 28.2 Å². The summed E-state index contributed by atoms with van der Waals surface area (Å²) in [5, 5.41) is 8.33. The number of sulfonamides is 1. The first-order valence-electron chi connectivity index (χ1n) is 3.97. The molecular formula is C7H9N3O4S. The van der Waals surface area contributed by atoms with Crippen molar-refractivity contribution in [1.29, 1.82) is 0 Å². The Labute approximate surface area is 86.2 Å². The van der Waals surface area contributed by atoms with Gasteiger partial charge in [-0.1, -0.05) is 0 Å². The Morgan fingerprint density at radius 3 is 2.53 bits per heavy atom. The average Bonchev–Trinajstić information content (AvgIpc) is 2.16. The fourth-order valence-electron chi connectivity index (χ4n) is 0.804. The van der Waals surface area contributed by atoms with Crippen molar-refractivity contribution in [2.45, 2.75) is 6.42 Å². The Morgan fingerprint density at radius 1 is 1.40 bits per heavy atom. The van der Waals surface area contributed by atoms with Crippen LogP contribution in [-0.4, -0.2) is 35.2 Å². The van der Waals surface area contributed by atoms with E-state index >= 15 is 0 Å². The third-order valence-electron chi connectivity index (χ3n) is 1.42. The Hall–Kier alpha value is -1.70. The SMILES string of the molecule is O=C(O)CCS(=O)(=O)Nc1cncnc1. The van der Waals surface area contributed by atoms with Crippen LogP contribution in [0.2, 0.25) is 0 Å². The maximum absolute atomic E-state index is 11.3. The van der Waals surface area contributed by atoms with Crippen LogP contribution in [0.5, 0.6) is 0 Å². The molecule has 1 rings (SSSR count). The van der Waals surface area contributed by atoms with Gasteiger partial charge in [0.2, 0.25) is 10.0 Å². The van der Waals surface area contributed by atoms with Crippen LogP contribution in [0.25, 0.3) is 0 Å². The molecule has 0 bridgehead atoms. The molecule has 0 atom stereocenters. The summed E-state index contributed by atoms with van der Waals surface area (Å²) < 4.78 is 24.7. The number of hydrogen-bond donors (Lipinski definition) is 2. The van der Waals surface area contributed by atoms with E-state index in [0.717, 1.165) is 0 Å². The van der Waals surface area contributed by atoms with Gasteiger partial charge in [0.05, 0.1) is 30.3 Å². The number of aliphatic carboxylic acids is 1. The van der Waals surface area contributed by atoms with Gasteiger partial charge in [-0.15, -0.1) is 0 Å². The van der Waals surface area contributed by atoms with Crippen molar-refractivity contribution in [2.24, 2.45) is 0 Å². The Kier molecular flexibility index (Phi) is 3.56. The molecule has 1 aromatic rings. The highest BCUT2D eigenvalue weighted by Crippen LogP contribution is 2.05. The molecule has 0 unspecified atom stereocenters. The number of aromatic nitrogens is 2. The zero-order valence-corrected chi connectivity index (χ0v) is 8.44. The number of carboxylic acid groups (broad SMARTS) is 1.